The third-order valence-corrected chi connectivity index (χ3v) is 4.05. The Bertz CT molecular complexity index is 987. The summed E-state index contributed by atoms with van der Waals surface area (Å²) in [5.74, 6) is -0.909. The molecule has 0 aliphatic carbocycles. The third kappa shape index (κ3) is 4.77. The summed E-state index contributed by atoms with van der Waals surface area (Å²) in [5.41, 5.74) is 1.12. The lowest BCUT2D eigenvalue weighted by atomic mass is 10.1. The second kappa shape index (κ2) is 8.39. The largest absolute Gasteiger partial charge is 0.416 e. The van der Waals surface area contributed by atoms with Crippen LogP contribution < -0.4 is 0 Å². The normalized spacial score (nSPS) is 12.2. The third-order valence-electron chi connectivity index (χ3n) is 4.05. The van der Waals surface area contributed by atoms with Crippen molar-refractivity contribution in [3.8, 4) is 0 Å². The molecule has 3 aromatic rings. The summed E-state index contributed by atoms with van der Waals surface area (Å²) < 4.78 is 53.3. The lowest BCUT2D eigenvalue weighted by molar-refractivity contribution is -0.137. The molecule has 7 heteroatoms. The molecule has 0 fully saturated rings. The number of hydrogen-bond acceptors (Lipinski definition) is 1. The van der Waals surface area contributed by atoms with Crippen LogP contribution in [0.15, 0.2) is 59.6 Å². The first-order chi connectivity index (χ1) is 12.4. The van der Waals surface area contributed by atoms with E-state index < -0.39 is 17.6 Å². The van der Waals surface area contributed by atoms with Gasteiger partial charge in [-0.25, -0.2) is 4.39 Å². The summed E-state index contributed by atoms with van der Waals surface area (Å²) >= 11 is 0. The highest BCUT2D eigenvalue weighted by Crippen LogP contribution is 2.30. The lowest BCUT2D eigenvalue weighted by Crippen LogP contribution is -2.05. The predicted molar refractivity (Wildman–Crippen MR) is 103 cm³/mol. The van der Waals surface area contributed by atoms with E-state index in [0.29, 0.717) is 12.6 Å². The van der Waals surface area contributed by atoms with Gasteiger partial charge in [-0.05, 0) is 24.3 Å². The fourth-order valence-electron chi connectivity index (χ4n) is 2.66. The number of aryl methyl sites for hydroxylation is 1. The van der Waals surface area contributed by atoms with Gasteiger partial charge in [-0.15, -0.1) is 12.4 Å². The number of hydrogen-bond donors (Lipinski definition) is 0. The second-order valence-corrected chi connectivity index (χ2v) is 5.82. The van der Waals surface area contributed by atoms with Gasteiger partial charge >= 0.3 is 6.18 Å². The van der Waals surface area contributed by atoms with Gasteiger partial charge in [0.15, 0.2) is 0 Å². The summed E-state index contributed by atoms with van der Waals surface area (Å²) in [6.07, 6.45) is 0.193. The molecule has 0 spiro atoms. The van der Waals surface area contributed by atoms with E-state index in [2.05, 4.69) is 4.99 Å². The van der Waals surface area contributed by atoms with Gasteiger partial charge < -0.3 is 4.57 Å². The molecule has 0 aliphatic rings. The molecular formula is C20H17ClF4N2. The Morgan fingerprint density at radius 3 is 2.48 bits per heavy atom. The zero-order valence-corrected chi connectivity index (χ0v) is 15.2. The van der Waals surface area contributed by atoms with E-state index in [0.717, 1.165) is 28.7 Å². The molecule has 0 unspecified atom stereocenters. The Balaban J connectivity index is 0.00000261. The molecule has 0 aliphatic heterocycles. The van der Waals surface area contributed by atoms with Gasteiger partial charge in [0.25, 0.3) is 0 Å². The van der Waals surface area contributed by atoms with Gasteiger partial charge in [-0.2, -0.15) is 13.2 Å². The maximum Gasteiger partial charge on any atom is 0.416 e. The Hall–Kier alpha value is -2.60. The molecule has 2 nitrogen and oxygen atoms in total. The number of para-hydroxylation sites is 1. The van der Waals surface area contributed by atoms with Gasteiger partial charge in [0, 0.05) is 29.7 Å². The van der Waals surface area contributed by atoms with E-state index >= 15 is 0 Å². The summed E-state index contributed by atoms with van der Waals surface area (Å²) in [6, 6.07) is 12.4. The van der Waals surface area contributed by atoms with Crippen molar-refractivity contribution in [1.29, 1.82) is 0 Å². The fraction of sp³-hybridized carbons (Fsp3) is 0.150. The number of halogens is 5. The number of fused-ring (bicyclic) bond motifs is 1. The van der Waals surface area contributed by atoms with Gasteiger partial charge in [0.2, 0.25) is 0 Å². The van der Waals surface area contributed by atoms with Crippen LogP contribution in [-0.4, -0.2) is 17.3 Å². The molecule has 3 rings (SSSR count). The summed E-state index contributed by atoms with van der Waals surface area (Å²) in [7, 11) is 1.94. The van der Waals surface area contributed by atoms with E-state index in [-0.39, 0.29) is 18.0 Å². The predicted octanol–water partition coefficient (Wildman–Crippen LogP) is 5.89. The van der Waals surface area contributed by atoms with Gasteiger partial charge in [0.1, 0.15) is 5.82 Å². The fourth-order valence-corrected chi connectivity index (χ4v) is 2.66. The summed E-state index contributed by atoms with van der Waals surface area (Å²) in [5, 5.41) is 1.11. The number of aliphatic imine (C=N–C) groups is 1. The van der Waals surface area contributed by atoms with Crippen molar-refractivity contribution in [1.82, 2.24) is 4.57 Å². The highest BCUT2D eigenvalue weighted by Gasteiger charge is 2.30. The van der Waals surface area contributed by atoms with E-state index in [1.54, 1.807) is 12.3 Å². The van der Waals surface area contributed by atoms with Crippen molar-refractivity contribution in [3.05, 3.63) is 77.2 Å². The average Bonchev–Trinajstić information content (AvgIpc) is 2.91. The monoisotopic (exact) mass is 396 g/mol. The molecule has 0 atom stereocenters. The molecule has 1 aromatic heterocycles. The first kappa shape index (κ1) is 20.7. The van der Waals surface area contributed by atoms with E-state index in [4.69, 9.17) is 0 Å². The molecule has 0 saturated carbocycles. The number of nitrogens with zero attached hydrogens (tertiary/aromatic N) is 2. The number of aromatic nitrogens is 1. The van der Waals surface area contributed by atoms with E-state index in [1.165, 1.54) is 6.08 Å². The van der Waals surface area contributed by atoms with Crippen LogP contribution in [0.5, 0.6) is 0 Å². The Labute approximate surface area is 160 Å². The molecule has 27 heavy (non-hydrogen) atoms. The van der Waals surface area contributed by atoms with Gasteiger partial charge in [-0.1, -0.05) is 36.4 Å². The second-order valence-electron chi connectivity index (χ2n) is 5.82. The van der Waals surface area contributed by atoms with Crippen molar-refractivity contribution >= 4 is 35.6 Å². The zero-order valence-electron chi connectivity index (χ0n) is 14.4. The Morgan fingerprint density at radius 2 is 1.81 bits per heavy atom. The number of rotatable bonds is 4. The van der Waals surface area contributed by atoms with Crippen molar-refractivity contribution < 1.29 is 17.6 Å². The topological polar surface area (TPSA) is 17.3 Å². The molecule has 0 amide bonds. The molecule has 0 radical (unpaired) electrons. The maximum absolute atomic E-state index is 13.7. The first-order valence-corrected chi connectivity index (χ1v) is 7.94. The van der Waals surface area contributed by atoms with Crippen LogP contribution >= 0.6 is 12.4 Å². The SMILES string of the molecule is Cl.Cn1c(C=NC/C=C/c2ccc(C(F)(F)F)cc2F)cc2ccccc21. The molecular weight excluding hydrogens is 380 g/mol. The summed E-state index contributed by atoms with van der Waals surface area (Å²) in [4.78, 5) is 4.26. The maximum atomic E-state index is 13.7. The van der Waals surface area contributed by atoms with Crippen LogP contribution in [-0.2, 0) is 13.2 Å². The van der Waals surface area contributed by atoms with Crippen LogP contribution in [0.25, 0.3) is 17.0 Å². The molecule has 1 heterocycles. The van der Waals surface area contributed by atoms with E-state index in [1.807, 2.05) is 41.9 Å². The zero-order chi connectivity index (χ0) is 18.7. The molecule has 142 valence electrons. The lowest BCUT2D eigenvalue weighted by Gasteiger charge is -2.07. The molecule has 0 bridgehead atoms. The molecule has 0 N–H and O–H groups in total. The minimum absolute atomic E-state index is 0. The standard InChI is InChI=1S/C20H16F4N2.ClH/c1-26-17(11-15-5-2-3-7-19(15)26)13-25-10-4-6-14-8-9-16(12-18(14)21)20(22,23)24;/h2-9,11-13H,10H2,1H3;1H/b6-4+,25-13?;. The van der Waals surface area contributed by atoms with Crippen LogP contribution in [0.1, 0.15) is 16.8 Å². The highest BCUT2D eigenvalue weighted by atomic mass is 35.5. The van der Waals surface area contributed by atoms with Gasteiger partial charge in [-0.3, -0.25) is 4.99 Å². The minimum Gasteiger partial charge on any atom is -0.343 e. The highest BCUT2D eigenvalue weighted by molar-refractivity contribution is 5.90. The van der Waals surface area contributed by atoms with Crippen molar-refractivity contribution in [2.24, 2.45) is 12.0 Å². The Morgan fingerprint density at radius 1 is 1.07 bits per heavy atom. The van der Waals surface area contributed by atoms with E-state index in [9.17, 15) is 17.6 Å². The number of benzene rings is 2. The first-order valence-electron chi connectivity index (χ1n) is 7.94. The van der Waals surface area contributed by atoms with Crippen molar-refractivity contribution in [3.63, 3.8) is 0 Å². The van der Waals surface area contributed by atoms with Crippen LogP contribution in [0.3, 0.4) is 0 Å². The van der Waals surface area contributed by atoms with Gasteiger partial charge in [0.05, 0.1) is 17.8 Å². The average molecular weight is 397 g/mol. The molecule has 2 aromatic carbocycles. The Kier molecular flexibility index (Phi) is 6.44. The quantitative estimate of drug-likeness (QED) is 0.386. The smallest absolute Gasteiger partial charge is 0.343 e. The molecule has 0 saturated heterocycles. The van der Waals surface area contributed by atoms with Crippen LogP contribution in [0.4, 0.5) is 17.6 Å². The van der Waals surface area contributed by atoms with Crippen LogP contribution in [0, 0.1) is 5.82 Å². The summed E-state index contributed by atoms with van der Waals surface area (Å²) in [6.45, 7) is 0.294. The number of alkyl halides is 3. The van der Waals surface area contributed by atoms with Crippen molar-refractivity contribution in [2.45, 2.75) is 6.18 Å². The minimum atomic E-state index is -4.55. The van der Waals surface area contributed by atoms with Crippen LogP contribution in [0.2, 0.25) is 0 Å². The van der Waals surface area contributed by atoms with Crippen molar-refractivity contribution in [2.75, 3.05) is 6.54 Å².